The van der Waals surface area contributed by atoms with E-state index in [1.807, 2.05) is 11.3 Å². The Balaban J connectivity index is 1.81. The molecule has 0 spiro atoms. The number of nitrogens with one attached hydrogen (secondary N) is 1. The summed E-state index contributed by atoms with van der Waals surface area (Å²) in [5.41, 5.74) is 2.53. The van der Waals surface area contributed by atoms with Crippen LogP contribution in [0.3, 0.4) is 0 Å². The van der Waals surface area contributed by atoms with Gasteiger partial charge in [-0.15, -0.1) is 11.3 Å². The highest BCUT2D eigenvalue weighted by Gasteiger charge is 2.21. The van der Waals surface area contributed by atoms with Crippen LogP contribution < -0.4 is 5.32 Å². The zero-order chi connectivity index (χ0) is 13.5. The van der Waals surface area contributed by atoms with Crippen molar-refractivity contribution in [2.75, 3.05) is 5.32 Å². The van der Waals surface area contributed by atoms with Crippen molar-refractivity contribution in [3.63, 3.8) is 0 Å². The normalized spacial score (nSPS) is 13.7. The molecule has 1 aliphatic carbocycles. The summed E-state index contributed by atoms with van der Waals surface area (Å²) in [5.74, 6) is 0.940. The molecule has 100 valence electrons. The molecule has 1 aromatic carbocycles. The van der Waals surface area contributed by atoms with Gasteiger partial charge in [0.05, 0.1) is 5.39 Å². The fourth-order valence-corrected chi connectivity index (χ4v) is 4.28. The predicted octanol–water partition coefficient (Wildman–Crippen LogP) is 4.53. The van der Waals surface area contributed by atoms with Gasteiger partial charge in [-0.25, -0.2) is 9.97 Å². The Hall–Kier alpha value is -1.21. The molecule has 0 saturated carbocycles. The zero-order valence-electron chi connectivity index (χ0n) is 10.7. The van der Waals surface area contributed by atoms with Gasteiger partial charge in [0.1, 0.15) is 17.0 Å². The van der Waals surface area contributed by atoms with E-state index in [1.54, 1.807) is 6.33 Å². The summed E-state index contributed by atoms with van der Waals surface area (Å²) in [4.78, 5) is 11.5. The lowest BCUT2D eigenvalue weighted by molar-refractivity contribution is 0.917. The van der Waals surface area contributed by atoms with Crippen LogP contribution in [0, 0.1) is 3.57 Å². The summed E-state index contributed by atoms with van der Waals surface area (Å²) in [6, 6.07) is 8.36. The van der Waals surface area contributed by atoms with Crippen LogP contribution in [0.15, 0.2) is 30.6 Å². The van der Waals surface area contributed by atoms with Gasteiger partial charge in [0, 0.05) is 14.1 Å². The Morgan fingerprint density at radius 2 is 1.95 bits per heavy atom. The van der Waals surface area contributed by atoms with Crippen molar-refractivity contribution in [3.8, 4) is 0 Å². The lowest BCUT2D eigenvalue weighted by Crippen LogP contribution is -1.96. The summed E-state index contributed by atoms with van der Waals surface area (Å²) < 4.78 is 1.23. The summed E-state index contributed by atoms with van der Waals surface area (Å²) in [7, 11) is 0. The Morgan fingerprint density at radius 3 is 2.80 bits per heavy atom. The SMILES string of the molecule is Ic1ccc(Nc2ncnc3sc4c(c23)CCC4)cc1. The smallest absolute Gasteiger partial charge is 0.142 e. The van der Waals surface area contributed by atoms with Gasteiger partial charge in [0.15, 0.2) is 0 Å². The summed E-state index contributed by atoms with van der Waals surface area (Å²) in [5, 5.41) is 4.67. The van der Waals surface area contributed by atoms with Crippen molar-refractivity contribution in [1.82, 2.24) is 9.97 Å². The number of hydrogen-bond acceptors (Lipinski definition) is 4. The topological polar surface area (TPSA) is 37.8 Å². The first-order valence-electron chi connectivity index (χ1n) is 6.59. The Labute approximate surface area is 134 Å². The van der Waals surface area contributed by atoms with Gasteiger partial charge in [0.2, 0.25) is 0 Å². The third-order valence-corrected chi connectivity index (χ3v) is 5.53. The largest absolute Gasteiger partial charge is 0.340 e. The maximum absolute atomic E-state index is 4.46. The van der Waals surface area contributed by atoms with Gasteiger partial charge in [0.25, 0.3) is 0 Å². The minimum Gasteiger partial charge on any atom is -0.340 e. The average Bonchev–Trinajstić information content (AvgIpc) is 3.02. The molecule has 0 fully saturated rings. The van der Waals surface area contributed by atoms with E-state index >= 15 is 0 Å². The van der Waals surface area contributed by atoms with E-state index in [9.17, 15) is 0 Å². The molecule has 1 aliphatic rings. The number of aryl methyl sites for hydroxylation is 2. The third-order valence-electron chi connectivity index (χ3n) is 3.61. The summed E-state index contributed by atoms with van der Waals surface area (Å²) in [6.45, 7) is 0. The molecule has 5 heteroatoms. The van der Waals surface area contributed by atoms with Gasteiger partial charge in [-0.3, -0.25) is 0 Å². The molecule has 4 rings (SSSR count). The molecule has 3 aromatic rings. The zero-order valence-corrected chi connectivity index (χ0v) is 13.7. The third kappa shape index (κ3) is 2.09. The van der Waals surface area contributed by atoms with Crippen LogP contribution in [0.4, 0.5) is 11.5 Å². The maximum atomic E-state index is 4.46. The Morgan fingerprint density at radius 1 is 1.10 bits per heavy atom. The minimum atomic E-state index is 0.940. The Bertz CT molecular complexity index is 780. The van der Waals surface area contributed by atoms with Gasteiger partial charge < -0.3 is 5.32 Å². The van der Waals surface area contributed by atoms with Crippen LogP contribution in [0.5, 0.6) is 0 Å². The highest BCUT2D eigenvalue weighted by molar-refractivity contribution is 14.1. The standard InChI is InChI=1S/C15H12IN3S/c16-9-4-6-10(7-5-9)19-14-13-11-2-1-3-12(11)20-15(13)18-8-17-14/h4-8H,1-3H2,(H,17,18,19). The van der Waals surface area contributed by atoms with Gasteiger partial charge >= 0.3 is 0 Å². The number of hydrogen-bond donors (Lipinski definition) is 1. The van der Waals surface area contributed by atoms with Crippen LogP contribution in [-0.2, 0) is 12.8 Å². The van der Waals surface area contributed by atoms with Crippen molar-refractivity contribution >= 4 is 55.6 Å². The fourth-order valence-electron chi connectivity index (χ4n) is 2.69. The molecular weight excluding hydrogens is 381 g/mol. The lowest BCUT2D eigenvalue weighted by Gasteiger charge is -2.07. The van der Waals surface area contributed by atoms with Crippen LogP contribution in [0.25, 0.3) is 10.2 Å². The molecule has 3 nitrogen and oxygen atoms in total. The van der Waals surface area contributed by atoms with Gasteiger partial charge in [-0.05, 0) is 71.7 Å². The molecule has 0 aliphatic heterocycles. The van der Waals surface area contributed by atoms with Crippen molar-refractivity contribution < 1.29 is 0 Å². The Kier molecular flexibility index (Phi) is 3.11. The second kappa shape index (κ2) is 4.96. The predicted molar refractivity (Wildman–Crippen MR) is 91.9 cm³/mol. The molecule has 0 bridgehead atoms. The monoisotopic (exact) mass is 393 g/mol. The van der Waals surface area contributed by atoms with E-state index in [-0.39, 0.29) is 0 Å². The quantitative estimate of drug-likeness (QED) is 0.651. The summed E-state index contributed by atoms with van der Waals surface area (Å²) >= 11 is 4.13. The minimum absolute atomic E-state index is 0.940. The highest BCUT2D eigenvalue weighted by atomic mass is 127. The molecule has 0 amide bonds. The molecule has 2 heterocycles. The van der Waals surface area contributed by atoms with Crippen molar-refractivity contribution in [2.24, 2.45) is 0 Å². The number of anilines is 2. The van der Waals surface area contributed by atoms with Crippen molar-refractivity contribution in [3.05, 3.63) is 44.6 Å². The molecule has 0 radical (unpaired) electrons. The van der Waals surface area contributed by atoms with E-state index in [1.165, 1.54) is 32.2 Å². The van der Waals surface area contributed by atoms with Crippen molar-refractivity contribution in [1.29, 1.82) is 0 Å². The second-order valence-corrected chi connectivity index (χ2v) is 7.22. The number of fused-ring (bicyclic) bond motifs is 3. The maximum Gasteiger partial charge on any atom is 0.142 e. The number of nitrogens with zero attached hydrogens (tertiary/aromatic N) is 2. The number of aromatic nitrogens is 2. The number of thiophene rings is 1. The molecule has 20 heavy (non-hydrogen) atoms. The first kappa shape index (κ1) is 12.5. The molecular formula is C15H12IN3S. The second-order valence-electron chi connectivity index (χ2n) is 4.89. The molecule has 0 saturated heterocycles. The fraction of sp³-hybridized carbons (Fsp3) is 0.200. The molecule has 2 aromatic heterocycles. The molecule has 0 unspecified atom stereocenters. The van der Waals surface area contributed by atoms with E-state index in [4.69, 9.17) is 0 Å². The van der Waals surface area contributed by atoms with Gasteiger partial charge in [-0.1, -0.05) is 0 Å². The van der Waals surface area contributed by atoms with Crippen LogP contribution in [0.1, 0.15) is 16.9 Å². The van der Waals surface area contributed by atoms with E-state index < -0.39 is 0 Å². The first-order chi connectivity index (χ1) is 9.81. The highest BCUT2D eigenvalue weighted by Crippen LogP contribution is 2.39. The van der Waals surface area contributed by atoms with E-state index in [0.717, 1.165) is 22.8 Å². The number of rotatable bonds is 2. The number of benzene rings is 1. The van der Waals surface area contributed by atoms with E-state index in [0.29, 0.717) is 0 Å². The van der Waals surface area contributed by atoms with Gasteiger partial charge in [-0.2, -0.15) is 0 Å². The average molecular weight is 393 g/mol. The van der Waals surface area contributed by atoms with Crippen LogP contribution in [-0.4, -0.2) is 9.97 Å². The first-order valence-corrected chi connectivity index (χ1v) is 8.48. The van der Waals surface area contributed by atoms with Crippen molar-refractivity contribution in [2.45, 2.75) is 19.3 Å². The van der Waals surface area contributed by atoms with E-state index in [2.05, 4.69) is 62.1 Å². The lowest BCUT2D eigenvalue weighted by atomic mass is 10.2. The molecule has 1 N–H and O–H groups in total. The summed E-state index contributed by atoms with van der Waals surface area (Å²) in [6.07, 6.45) is 5.27. The number of halogens is 1. The molecule has 0 atom stereocenters. The van der Waals surface area contributed by atoms with Crippen LogP contribution >= 0.6 is 33.9 Å². The van der Waals surface area contributed by atoms with Crippen LogP contribution in [0.2, 0.25) is 0 Å².